The van der Waals surface area contributed by atoms with Gasteiger partial charge in [-0.3, -0.25) is 9.89 Å². The quantitative estimate of drug-likeness (QED) is 0.266. The number of nitrogens with zero attached hydrogens (tertiary/aromatic N) is 2. The number of ether oxygens (including phenoxy) is 3. The van der Waals surface area contributed by atoms with Gasteiger partial charge in [0, 0.05) is 31.4 Å². The first kappa shape index (κ1) is 27.1. The van der Waals surface area contributed by atoms with E-state index in [1.54, 1.807) is 19.2 Å². The zero-order valence-electron chi connectivity index (χ0n) is 19.5. The highest BCUT2D eigenvalue weighted by molar-refractivity contribution is 14.0. The maximum atomic E-state index is 13.9. The summed E-state index contributed by atoms with van der Waals surface area (Å²) >= 11 is 0. The topological polar surface area (TPSA) is 67.4 Å². The largest absolute Gasteiger partial charge is 0.493 e. The molecule has 0 aromatic heterocycles. The fraction of sp³-hybridized carbons (Fsp3) is 0.458. The Morgan fingerprint density at radius 1 is 1.15 bits per heavy atom. The first-order valence-corrected chi connectivity index (χ1v) is 11.1. The zero-order chi connectivity index (χ0) is 22.8. The van der Waals surface area contributed by atoms with Gasteiger partial charge < -0.3 is 24.8 Å². The fourth-order valence-electron chi connectivity index (χ4n) is 3.68. The maximum absolute atomic E-state index is 13.9. The minimum Gasteiger partial charge on any atom is -0.493 e. The Morgan fingerprint density at radius 3 is 2.61 bits per heavy atom. The highest BCUT2D eigenvalue weighted by atomic mass is 127. The molecule has 1 unspecified atom stereocenters. The van der Waals surface area contributed by atoms with Crippen LogP contribution in [0.5, 0.6) is 11.5 Å². The molecule has 1 aliphatic rings. The van der Waals surface area contributed by atoms with Gasteiger partial charge in [0.2, 0.25) is 0 Å². The van der Waals surface area contributed by atoms with Gasteiger partial charge in [-0.05, 0) is 43.7 Å². The third-order valence-electron chi connectivity index (χ3n) is 5.21. The van der Waals surface area contributed by atoms with Gasteiger partial charge in [0.15, 0.2) is 17.5 Å². The van der Waals surface area contributed by atoms with Crippen LogP contribution < -0.4 is 20.1 Å². The van der Waals surface area contributed by atoms with Crippen LogP contribution >= 0.6 is 24.0 Å². The molecule has 182 valence electrons. The van der Waals surface area contributed by atoms with E-state index in [2.05, 4.69) is 15.5 Å². The van der Waals surface area contributed by atoms with Crippen molar-refractivity contribution in [1.82, 2.24) is 10.2 Å². The number of hydrogen-bond acceptors (Lipinski definition) is 5. The SMILES string of the molecule is CCNC(=NCC(c1cccc(F)c1)N1CCOCC1)Nc1ccc(OCC)c(OC)c1.I. The molecule has 0 spiro atoms. The highest BCUT2D eigenvalue weighted by Crippen LogP contribution is 2.30. The number of rotatable bonds is 9. The van der Waals surface area contributed by atoms with Gasteiger partial charge in [-0.25, -0.2) is 4.39 Å². The standard InChI is InChI=1S/C24H33FN4O3.HI/c1-4-26-24(28-20-9-10-22(32-5-2)23(16-20)30-3)27-17-21(29-11-13-31-14-12-29)18-7-6-8-19(25)15-18;/h6-10,15-16,21H,4-5,11-14,17H2,1-3H3,(H2,26,27,28);1H. The minimum absolute atomic E-state index is 0. The molecular formula is C24H34FIN4O3. The molecule has 1 aliphatic heterocycles. The monoisotopic (exact) mass is 572 g/mol. The van der Waals surface area contributed by atoms with Crippen molar-refractivity contribution < 1.29 is 18.6 Å². The van der Waals surface area contributed by atoms with E-state index in [-0.39, 0.29) is 35.8 Å². The van der Waals surface area contributed by atoms with Crippen molar-refractivity contribution in [2.75, 3.05) is 58.4 Å². The number of methoxy groups -OCH3 is 1. The number of nitrogens with one attached hydrogen (secondary N) is 2. The molecule has 0 amide bonds. The number of hydrogen-bond donors (Lipinski definition) is 2. The van der Waals surface area contributed by atoms with Crippen LogP contribution in [0, 0.1) is 5.82 Å². The lowest BCUT2D eigenvalue weighted by Gasteiger charge is -2.34. The third kappa shape index (κ3) is 8.01. The molecule has 33 heavy (non-hydrogen) atoms. The molecule has 2 N–H and O–H groups in total. The lowest BCUT2D eigenvalue weighted by Crippen LogP contribution is -2.41. The molecule has 0 bridgehead atoms. The summed E-state index contributed by atoms with van der Waals surface area (Å²) in [7, 11) is 1.62. The lowest BCUT2D eigenvalue weighted by atomic mass is 10.0. The zero-order valence-corrected chi connectivity index (χ0v) is 21.8. The molecule has 1 fully saturated rings. The number of anilines is 1. The van der Waals surface area contributed by atoms with E-state index >= 15 is 0 Å². The van der Waals surface area contributed by atoms with Gasteiger partial charge in [0.1, 0.15) is 5.82 Å². The number of guanidine groups is 1. The first-order valence-electron chi connectivity index (χ1n) is 11.1. The van der Waals surface area contributed by atoms with Crippen LogP contribution in [0.4, 0.5) is 10.1 Å². The van der Waals surface area contributed by atoms with Crippen LogP contribution in [-0.4, -0.2) is 64.0 Å². The first-order chi connectivity index (χ1) is 15.6. The van der Waals surface area contributed by atoms with E-state index in [4.69, 9.17) is 19.2 Å². The van der Waals surface area contributed by atoms with E-state index in [0.29, 0.717) is 50.4 Å². The van der Waals surface area contributed by atoms with Crippen molar-refractivity contribution in [2.45, 2.75) is 19.9 Å². The summed E-state index contributed by atoms with van der Waals surface area (Å²) in [5.41, 5.74) is 1.74. The van der Waals surface area contributed by atoms with Gasteiger partial charge in [-0.2, -0.15) is 0 Å². The third-order valence-corrected chi connectivity index (χ3v) is 5.21. The molecule has 0 radical (unpaired) electrons. The Morgan fingerprint density at radius 2 is 1.94 bits per heavy atom. The molecule has 2 aromatic carbocycles. The predicted octanol–water partition coefficient (Wildman–Crippen LogP) is 4.30. The molecule has 1 atom stereocenters. The van der Waals surface area contributed by atoms with Crippen LogP contribution in [0.3, 0.4) is 0 Å². The van der Waals surface area contributed by atoms with Gasteiger partial charge >= 0.3 is 0 Å². The van der Waals surface area contributed by atoms with Gasteiger partial charge in [0.05, 0.1) is 39.5 Å². The van der Waals surface area contributed by atoms with Crippen molar-refractivity contribution >= 4 is 35.6 Å². The molecule has 2 aromatic rings. The number of benzene rings is 2. The molecule has 1 heterocycles. The Bertz CT molecular complexity index is 894. The maximum Gasteiger partial charge on any atom is 0.195 e. The number of aliphatic imine (C=N–C) groups is 1. The second kappa shape index (κ2) is 14.2. The summed E-state index contributed by atoms with van der Waals surface area (Å²) < 4.78 is 30.5. The van der Waals surface area contributed by atoms with E-state index in [9.17, 15) is 4.39 Å². The van der Waals surface area contributed by atoms with Crippen molar-refractivity contribution in [1.29, 1.82) is 0 Å². The summed E-state index contributed by atoms with van der Waals surface area (Å²) in [4.78, 5) is 7.12. The van der Waals surface area contributed by atoms with E-state index in [0.717, 1.165) is 24.3 Å². The summed E-state index contributed by atoms with van der Waals surface area (Å²) in [6.45, 7) is 8.62. The predicted molar refractivity (Wildman–Crippen MR) is 141 cm³/mol. The second-order valence-corrected chi connectivity index (χ2v) is 7.36. The van der Waals surface area contributed by atoms with E-state index < -0.39 is 0 Å². The van der Waals surface area contributed by atoms with Gasteiger partial charge in [0.25, 0.3) is 0 Å². The highest BCUT2D eigenvalue weighted by Gasteiger charge is 2.23. The summed E-state index contributed by atoms with van der Waals surface area (Å²) in [6, 6.07) is 12.4. The Labute approximate surface area is 212 Å². The van der Waals surface area contributed by atoms with Crippen LogP contribution in [0.25, 0.3) is 0 Å². The van der Waals surface area contributed by atoms with Crippen LogP contribution in [0.2, 0.25) is 0 Å². The van der Waals surface area contributed by atoms with Crippen molar-refractivity contribution in [2.24, 2.45) is 4.99 Å². The van der Waals surface area contributed by atoms with Crippen molar-refractivity contribution in [3.63, 3.8) is 0 Å². The van der Waals surface area contributed by atoms with Gasteiger partial charge in [-0.15, -0.1) is 24.0 Å². The van der Waals surface area contributed by atoms with Crippen LogP contribution in [-0.2, 0) is 4.74 Å². The summed E-state index contributed by atoms with van der Waals surface area (Å²) in [5.74, 6) is 1.75. The second-order valence-electron chi connectivity index (χ2n) is 7.36. The van der Waals surface area contributed by atoms with E-state index in [1.807, 2.05) is 38.1 Å². The van der Waals surface area contributed by atoms with Crippen LogP contribution in [0.15, 0.2) is 47.5 Å². The molecule has 9 heteroatoms. The van der Waals surface area contributed by atoms with E-state index in [1.165, 1.54) is 6.07 Å². The Kier molecular flexibility index (Phi) is 11.7. The molecule has 0 aliphatic carbocycles. The molecule has 1 saturated heterocycles. The molecule has 3 rings (SSSR count). The van der Waals surface area contributed by atoms with Crippen molar-refractivity contribution in [3.05, 3.63) is 53.8 Å². The van der Waals surface area contributed by atoms with Crippen LogP contribution in [0.1, 0.15) is 25.5 Å². The molecular weight excluding hydrogens is 538 g/mol. The molecule has 0 saturated carbocycles. The van der Waals surface area contributed by atoms with Crippen molar-refractivity contribution in [3.8, 4) is 11.5 Å². The average Bonchev–Trinajstić information content (AvgIpc) is 2.81. The Balaban J connectivity index is 0.00000385. The normalized spacial score (nSPS) is 15.3. The summed E-state index contributed by atoms with van der Waals surface area (Å²) in [6.07, 6.45) is 0. The number of morpholine rings is 1. The average molecular weight is 572 g/mol. The van der Waals surface area contributed by atoms with Gasteiger partial charge in [-0.1, -0.05) is 12.1 Å². The minimum atomic E-state index is -0.240. The number of halogens is 2. The lowest BCUT2D eigenvalue weighted by molar-refractivity contribution is 0.0179. The summed E-state index contributed by atoms with van der Waals surface area (Å²) in [5, 5.41) is 6.61. The smallest absolute Gasteiger partial charge is 0.195 e. The Hall–Kier alpha value is -2.11. The molecule has 7 nitrogen and oxygen atoms in total. The fourth-order valence-corrected chi connectivity index (χ4v) is 3.68.